The van der Waals surface area contributed by atoms with E-state index in [0.717, 1.165) is 18.9 Å². The van der Waals surface area contributed by atoms with Gasteiger partial charge in [0, 0.05) is 13.1 Å². The molecule has 1 aromatic rings. The average Bonchev–Trinajstić information content (AvgIpc) is 3.00. The Hall–Kier alpha value is -2.31. The molecule has 1 saturated heterocycles. The van der Waals surface area contributed by atoms with Crippen molar-refractivity contribution in [2.45, 2.75) is 52.2 Å². The number of amides is 2. The number of carbonyl (C=O) groups is 2. The van der Waals surface area contributed by atoms with Crippen LogP contribution >= 0.6 is 0 Å². The third kappa shape index (κ3) is 5.40. The number of nitrogens with one attached hydrogen (secondary N) is 2. The second-order valence-electron chi connectivity index (χ2n) is 6.95. The van der Waals surface area contributed by atoms with E-state index in [4.69, 9.17) is 4.74 Å². The summed E-state index contributed by atoms with van der Waals surface area (Å²) in [6.07, 6.45) is 3.99. The maximum absolute atomic E-state index is 12.0. The number of pyridine rings is 1. The standard InChI is InChI=1S/C17H26N4O3/c1-12(15(22)24-17(2,3)4)19-16(23)20-13-7-8-14(18-11-13)21-9-5-6-10-21/h7-8,11-12H,5-6,9-10H2,1-4H3,(H2,19,20,23)/t12-/m0/s1. The minimum absolute atomic E-state index is 0.468. The molecule has 1 aliphatic heterocycles. The highest BCUT2D eigenvalue weighted by atomic mass is 16.6. The monoisotopic (exact) mass is 334 g/mol. The van der Waals surface area contributed by atoms with Crippen molar-refractivity contribution in [2.75, 3.05) is 23.3 Å². The molecule has 132 valence electrons. The van der Waals surface area contributed by atoms with Crippen LogP contribution in [0.25, 0.3) is 0 Å². The Kier molecular flexibility index (Phi) is 5.64. The highest BCUT2D eigenvalue weighted by Gasteiger charge is 2.23. The van der Waals surface area contributed by atoms with E-state index in [1.807, 2.05) is 6.07 Å². The van der Waals surface area contributed by atoms with Crippen LogP contribution in [0.2, 0.25) is 0 Å². The summed E-state index contributed by atoms with van der Waals surface area (Å²) in [5.41, 5.74) is -0.00873. The Morgan fingerprint density at radius 1 is 1.25 bits per heavy atom. The van der Waals surface area contributed by atoms with E-state index in [-0.39, 0.29) is 0 Å². The molecule has 24 heavy (non-hydrogen) atoms. The SMILES string of the molecule is C[C@H](NC(=O)Nc1ccc(N2CCCC2)nc1)C(=O)OC(C)(C)C. The van der Waals surface area contributed by atoms with Gasteiger partial charge in [-0.3, -0.25) is 0 Å². The lowest BCUT2D eigenvalue weighted by Gasteiger charge is -2.22. The zero-order valence-electron chi connectivity index (χ0n) is 14.8. The number of anilines is 2. The molecule has 2 heterocycles. The summed E-state index contributed by atoms with van der Waals surface area (Å²) < 4.78 is 5.22. The summed E-state index contributed by atoms with van der Waals surface area (Å²) in [7, 11) is 0. The molecular formula is C17H26N4O3. The third-order valence-corrected chi connectivity index (χ3v) is 3.54. The lowest BCUT2D eigenvalue weighted by Crippen LogP contribution is -2.44. The first-order valence-electron chi connectivity index (χ1n) is 8.26. The van der Waals surface area contributed by atoms with Crippen molar-refractivity contribution < 1.29 is 14.3 Å². The molecule has 1 atom stereocenters. The molecule has 2 amide bonds. The van der Waals surface area contributed by atoms with Crippen molar-refractivity contribution in [2.24, 2.45) is 0 Å². The minimum atomic E-state index is -0.735. The van der Waals surface area contributed by atoms with Crippen molar-refractivity contribution in [1.29, 1.82) is 0 Å². The van der Waals surface area contributed by atoms with Crippen LogP contribution in [-0.4, -0.2) is 41.7 Å². The Balaban J connectivity index is 1.84. The largest absolute Gasteiger partial charge is 0.458 e. The number of rotatable bonds is 4. The summed E-state index contributed by atoms with van der Waals surface area (Å²) >= 11 is 0. The van der Waals surface area contributed by atoms with Gasteiger partial charge in [-0.2, -0.15) is 0 Å². The van der Waals surface area contributed by atoms with Crippen molar-refractivity contribution >= 4 is 23.5 Å². The van der Waals surface area contributed by atoms with Crippen LogP contribution in [0.15, 0.2) is 18.3 Å². The quantitative estimate of drug-likeness (QED) is 0.827. The van der Waals surface area contributed by atoms with Crippen molar-refractivity contribution in [3.8, 4) is 0 Å². The van der Waals surface area contributed by atoms with Crippen LogP contribution in [-0.2, 0) is 9.53 Å². The molecule has 1 fully saturated rings. The number of carbonyl (C=O) groups excluding carboxylic acids is 2. The van der Waals surface area contributed by atoms with E-state index in [1.165, 1.54) is 12.8 Å². The van der Waals surface area contributed by atoms with Gasteiger partial charge in [-0.05, 0) is 52.7 Å². The zero-order chi connectivity index (χ0) is 17.7. The molecule has 0 unspecified atom stereocenters. The summed E-state index contributed by atoms with van der Waals surface area (Å²) in [5.74, 6) is 0.445. The summed E-state index contributed by atoms with van der Waals surface area (Å²) in [5, 5.41) is 5.23. The fraction of sp³-hybridized carbons (Fsp3) is 0.588. The predicted octanol–water partition coefficient (Wildman–Crippen LogP) is 2.53. The number of hydrogen-bond acceptors (Lipinski definition) is 5. The van der Waals surface area contributed by atoms with Gasteiger partial charge in [-0.25, -0.2) is 14.6 Å². The Morgan fingerprint density at radius 2 is 1.92 bits per heavy atom. The third-order valence-electron chi connectivity index (χ3n) is 3.54. The predicted molar refractivity (Wildman–Crippen MR) is 93.1 cm³/mol. The van der Waals surface area contributed by atoms with Crippen LogP contribution < -0.4 is 15.5 Å². The Bertz CT molecular complexity index is 574. The Labute approximate surface area is 142 Å². The van der Waals surface area contributed by atoms with Crippen LogP contribution in [0.3, 0.4) is 0 Å². The molecule has 7 heteroatoms. The van der Waals surface area contributed by atoms with E-state index in [9.17, 15) is 9.59 Å². The second kappa shape index (κ2) is 7.51. The van der Waals surface area contributed by atoms with E-state index in [2.05, 4.69) is 20.5 Å². The van der Waals surface area contributed by atoms with Crippen molar-refractivity contribution in [3.63, 3.8) is 0 Å². The maximum Gasteiger partial charge on any atom is 0.328 e. The normalized spacial score (nSPS) is 15.8. The number of urea groups is 1. The van der Waals surface area contributed by atoms with Gasteiger partial charge in [-0.15, -0.1) is 0 Å². The highest BCUT2D eigenvalue weighted by Crippen LogP contribution is 2.19. The molecule has 7 nitrogen and oxygen atoms in total. The van der Waals surface area contributed by atoms with Crippen molar-refractivity contribution in [3.05, 3.63) is 18.3 Å². The molecule has 0 saturated carbocycles. The minimum Gasteiger partial charge on any atom is -0.458 e. The number of aromatic nitrogens is 1. The molecular weight excluding hydrogens is 308 g/mol. The van der Waals surface area contributed by atoms with Gasteiger partial charge in [0.25, 0.3) is 0 Å². The first kappa shape index (κ1) is 18.0. The van der Waals surface area contributed by atoms with Crippen LogP contribution in [0.1, 0.15) is 40.5 Å². The van der Waals surface area contributed by atoms with Crippen LogP contribution in [0, 0.1) is 0 Å². The molecule has 0 aliphatic carbocycles. The molecule has 0 aromatic carbocycles. The summed E-state index contributed by atoms with van der Waals surface area (Å²) in [6, 6.07) is 2.49. The van der Waals surface area contributed by atoms with Gasteiger partial charge < -0.3 is 20.3 Å². The molecule has 0 spiro atoms. The summed E-state index contributed by atoms with van der Waals surface area (Å²) in [6.45, 7) is 8.98. The molecule has 1 aliphatic rings. The first-order chi connectivity index (χ1) is 11.2. The van der Waals surface area contributed by atoms with E-state index < -0.39 is 23.6 Å². The van der Waals surface area contributed by atoms with Gasteiger partial charge in [0.2, 0.25) is 0 Å². The number of nitrogens with zero attached hydrogens (tertiary/aromatic N) is 2. The van der Waals surface area contributed by atoms with Gasteiger partial charge in [-0.1, -0.05) is 0 Å². The van der Waals surface area contributed by atoms with Gasteiger partial charge in [0.05, 0.1) is 11.9 Å². The molecule has 0 bridgehead atoms. The lowest BCUT2D eigenvalue weighted by molar-refractivity contribution is -0.156. The molecule has 0 radical (unpaired) electrons. The van der Waals surface area contributed by atoms with Gasteiger partial charge >= 0.3 is 12.0 Å². The average molecular weight is 334 g/mol. The second-order valence-corrected chi connectivity index (χ2v) is 6.95. The van der Waals surface area contributed by atoms with E-state index >= 15 is 0 Å². The van der Waals surface area contributed by atoms with E-state index in [1.54, 1.807) is 40.0 Å². The van der Waals surface area contributed by atoms with Gasteiger partial charge in [0.1, 0.15) is 17.5 Å². The number of ether oxygens (including phenoxy) is 1. The van der Waals surface area contributed by atoms with Crippen molar-refractivity contribution in [1.82, 2.24) is 10.3 Å². The first-order valence-corrected chi connectivity index (χ1v) is 8.26. The smallest absolute Gasteiger partial charge is 0.328 e. The topological polar surface area (TPSA) is 83.6 Å². The van der Waals surface area contributed by atoms with E-state index in [0.29, 0.717) is 5.69 Å². The van der Waals surface area contributed by atoms with Gasteiger partial charge in [0.15, 0.2) is 0 Å². The zero-order valence-corrected chi connectivity index (χ0v) is 14.8. The van der Waals surface area contributed by atoms with Crippen LogP contribution in [0.4, 0.5) is 16.3 Å². The highest BCUT2D eigenvalue weighted by molar-refractivity contribution is 5.92. The Morgan fingerprint density at radius 3 is 2.46 bits per heavy atom. The fourth-order valence-electron chi connectivity index (χ4n) is 2.41. The number of hydrogen-bond donors (Lipinski definition) is 2. The lowest BCUT2D eigenvalue weighted by atomic mass is 10.2. The molecule has 2 rings (SSSR count). The number of esters is 1. The molecule has 1 aromatic heterocycles. The summed E-state index contributed by atoms with van der Waals surface area (Å²) in [4.78, 5) is 30.4. The molecule has 2 N–H and O–H groups in total. The fourth-order valence-corrected chi connectivity index (χ4v) is 2.41. The van der Waals surface area contributed by atoms with Crippen LogP contribution in [0.5, 0.6) is 0 Å². The maximum atomic E-state index is 12.0.